The molecule has 0 aromatic heterocycles. The number of carbonyl (C=O) groups is 3. The summed E-state index contributed by atoms with van der Waals surface area (Å²) in [6.07, 6.45) is 7.31. The van der Waals surface area contributed by atoms with Crippen molar-refractivity contribution in [2.24, 2.45) is 17.3 Å². The molecule has 0 aromatic carbocycles. The lowest BCUT2D eigenvalue weighted by Gasteiger charge is -2.60. The van der Waals surface area contributed by atoms with E-state index in [1.165, 1.54) is 26.3 Å². The second-order valence-electron chi connectivity index (χ2n) is 7.58. The van der Waals surface area contributed by atoms with Crippen molar-refractivity contribution in [3.63, 3.8) is 0 Å². The molecule has 0 saturated heterocycles. The highest BCUT2D eigenvalue weighted by atomic mass is 79.9. The van der Waals surface area contributed by atoms with E-state index in [-0.39, 0.29) is 15.7 Å². The van der Waals surface area contributed by atoms with Gasteiger partial charge in [0, 0.05) is 11.4 Å². The molecule has 0 aromatic rings. The van der Waals surface area contributed by atoms with Crippen molar-refractivity contribution in [1.29, 1.82) is 0 Å². The number of esters is 1. The number of hydrogen-bond acceptors (Lipinski definition) is 4. The predicted octanol–water partition coefficient (Wildman–Crippen LogP) is 2.11. The summed E-state index contributed by atoms with van der Waals surface area (Å²) in [5.41, 5.74) is 0.0297. The van der Waals surface area contributed by atoms with Crippen LogP contribution in [0.2, 0.25) is 0 Å². The van der Waals surface area contributed by atoms with Gasteiger partial charge < -0.3 is 10.1 Å². The van der Waals surface area contributed by atoms with Crippen LogP contribution in [0.5, 0.6) is 0 Å². The molecule has 0 heterocycles. The minimum absolute atomic E-state index is 0.0297. The molecule has 0 aliphatic heterocycles. The average molecular weight is 387 g/mol. The minimum Gasteiger partial charge on any atom is -0.456 e. The van der Waals surface area contributed by atoms with Gasteiger partial charge in [0.15, 0.2) is 6.61 Å². The number of nitrogens with one attached hydrogen (secondary N) is 2. The molecule has 4 bridgehead atoms. The van der Waals surface area contributed by atoms with Gasteiger partial charge in [0.25, 0.3) is 5.91 Å². The minimum atomic E-state index is -0.611. The van der Waals surface area contributed by atoms with Crippen LogP contribution in [0.25, 0.3) is 0 Å². The van der Waals surface area contributed by atoms with Crippen LogP contribution in [0.3, 0.4) is 0 Å². The van der Waals surface area contributed by atoms with E-state index in [0.717, 1.165) is 19.3 Å². The zero-order valence-electron chi connectivity index (χ0n) is 13.3. The Morgan fingerprint density at radius 1 is 1.17 bits per heavy atom. The maximum Gasteiger partial charge on any atom is 0.321 e. The molecule has 4 aliphatic carbocycles. The molecule has 0 spiro atoms. The van der Waals surface area contributed by atoms with Crippen LogP contribution < -0.4 is 10.6 Å². The molecule has 7 heteroatoms. The Hall–Kier alpha value is -1.11. The molecular weight excluding hydrogens is 364 g/mol. The topological polar surface area (TPSA) is 84.5 Å². The third kappa shape index (κ3) is 3.70. The SMILES string of the molecule is CNC(=O)NC(=O)COC(=O)CC12CC3CC(CC(Br)(C3)C1)C2. The zero-order chi connectivity index (χ0) is 16.7. The summed E-state index contributed by atoms with van der Waals surface area (Å²) in [7, 11) is 1.41. The normalized spacial score (nSPS) is 37.3. The monoisotopic (exact) mass is 386 g/mol. The van der Waals surface area contributed by atoms with E-state index in [2.05, 4.69) is 26.6 Å². The van der Waals surface area contributed by atoms with Gasteiger partial charge in [-0.05, 0) is 55.8 Å². The summed E-state index contributed by atoms with van der Waals surface area (Å²) >= 11 is 3.92. The number of hydrogen-bond donors (Lipinski definition) is 2. The van der Waals surface area contributed by atoms with Crippen molar-refractivity contribution >= 4 is 33.8 Å². The number of carbonyl (C=O) groups excluding carboxylic acids is 3. The van der Waals surface area contributed by atoms with E-state index in [0.29, 0.717) is 18.3 Å². The standard InChI is InChI=1S/C16H23BrN2O4/c1-18-14(22)19-12(20)8-23-13(21)7-15-3-10-2-11(4-15)6-16(17,5-10)9-15/h10-11H,2-9H2,1H3,(H2,18,19,20,22). The average Bonchev–Trinajstić information content (AvgIpc) is 2.41. The lowest BCUT2D eigenvalue weighted by molar-refractivity contribution is -0.154. The van der Waals surface area contributed by atoms with Gasteiger partial charge >= 0.3 is 12.0 Å². The van der Waals surface area contributed by atoms with Crippen molar-refractivity contribution in [2.75, 3.05) is 13.7 Å². The first-order chi connectivity index (χ1) is 10.8. The number of imide groups is 1. The Kier molecular flexibility index (Phi) is 4.42. The fraction of sp³-hybridized carbons (Fsp3) is 0.812. The number of ether oxygens (including phenoxy) is 1. The largest absolute Gasteiger partial charge is 0.456 e. The molecule has 6 nitrogen and oxygen atoms in total. The predicted molar refractivity (Wildman–Crippen MR) is 86.9 cm³/mol. The molecule has 2 unspecified atom stereocenters. The Labute approximate surface area is 144 Å². The number of rotatable bonds is 4. The quantitative estimate of drug-likeness (QED) is 0.572. The lowest BCUT2D eigenvalue weighted by Crippen LogP contribution is -2.53. The summed E-state index contributed by atoms with van der Waals surface area (Å²) in [4.78, 5) is 34.7. The highest BCUT2D eigenvalue weighted by molar-refractivity contribution is 9.10. The van der Waals surface area contributed by atoms with Crippen molar-refractivity contribution in [3.8, 4) is 0 Å². The van der Waals surface area contributed by atoms with Gasteiger partial charge in [0.1, 0.15) is 0 Å². The highest BCUT2D eigenvalue weighted by Crippen LogP contribution is 2.65. The number of amides is 3. The maximum absolute atomic E-state index is 12.2. The maximum atomic E-state index is 12.2. The molecule has 3 amide bonds. The van der Waals surface area contributed by atoms with Gasteiger partial charge in [0.05, 0.1) is 6.42 Å². The van der Waals surface area contributed by atoms with Gasteiger partial charge in [-0.15, -0.1) is 0 Å². The lowest BCUT2D eigenvalue weighted by atomic mass is 9.49. The third-order valence-electron chi connectivity index (χ3n) is 5.47. The summed E-state index contributed by atoms with van der Waals surface area (Å²) in [5.74, 6) is 0.468. The molecule has 128 valence electrons. The van der Waals surface area contributed by atoms with Gasteiger partial charge in [-0.1, -0.05) is 15.9 Å². The Bertz CT molecular complexity index is 522. The molecule has 4 fully saturated rings. The highest BCUT2D eigenvalue weighted by Gasteiger charge is 2.57. The van der Waals surface area contributed by atoms with Gasteiger partial charge in [-0.2, -0.15) is 0 Å². The van der Waals surface area contributed by atoms with E-state index in [4.69, 9.17) is 4.74 Å². The fourth-order valence-electron chi connectivity index (χ4n) is 5.27. The molecule has 23 heavy (non-hydrogen) atoms. The molecular formula is C16H23BrN2O4. The number of urea groups is 1. The van der Waals surface area contributed by atoms with Crippen molar-refractivity contribution in [3.05, 3.63) is 0 Å². The van der Waals surface area contributed by atoms with Crippen LogP contribution >= 0.6 is 15.9 Å². The molecule has 4 rings (SSSR count). The first-order valence-electron chi connectivity index (χ1n) is 8.18. The van der Waals surface area contributed by atoms with Crippen LogP contribution in [-0.2, 0) is 14.3 Å². The van der Waals surface area contributed by atoms with Crippen LogP contribution in [-0.4, -0.2) is 35.9 Å². The van der Waals surface area contributed by atoms with Crippen LogP contribution in [0.15, 0.2) is 0 Å². The Morgan fingerprint density at radius 2 is 1.83 bits per heavy atom. The van der Waals surface area contributed by atoms with E-state index < -0.39 is 18.5 Å². The van der Waals surface area contributed by atoms with Crippen molar-refractivity contribution in [2.45, 2.75) is 49.3 Å². The smallest absolute Gasteiger partial charge is 0.321 e. The molecule has 2 atom stereocenters. The zero-order valence-corrected chi connectivity index (χ0v) is 14.9. The second kappa shape index (κ2) is 6.07. The summed E-state index contributed by atoms with van der Waals surface area (Å²) in [5, 5.41) is 4.35. The van der Waals surface area contributed by atoms with Gasteiger partial charge in [-0.25, -0.2) is 4.79 Å². The van der Waals surface area contributed by atoms with E-state index in [1.54, 1.807) is 0 Å². The fourth-order valence-corrected chi connectivity index (χ4v) is 6.78. The number of halogens is 1. The second-order valence-corrected chi connectivity index (χ2v) is 9.26. The van der Waals surface area contributed by atoms with Crippen molar-refractivity contribution in [1.82, 2.24) is 10.6 Å². The van der Waals surface area contributed by atoms with E-state index in [1.807, 2.05) is 0 Å². The summed E-state index contributed by atoms with van der Waals surface area (Å²) < 4.78 is 5.28. The van der Waals surface area contributed by atoms with Gasteiger partial charge in [-0.3, -0.25) is 14.9 Å². The summed E-state index contributed by atoms with van der Waals surface area (Å²) in [6.45, 7) is -0.408. The van der Waals surface area contributed by atoms with Crippen molar-refractivity contribution < 1.29 is 19.1 Å². The van der Waals surface area contributed by atoms with E-state index in [9.17, 15) is 14.4 Å². The third-order valence-corrected chi connectivity index (χ3v) is 6.40. The molecule has 0 radical (unpaired) electrons. The molecule has 4 saturated carbocycles. The Morgan fingerprint density at radius 3 is 2.39 bits per heavy atom. The van der Waals surface area contributed by atoms with E-state index >= 15 is 0 Å². The first-order valence-corrected chi connectivity index (χ1v) is 8.97. The molecule has 4 aliphatic rings. The van der Waals surface area contributed by atoms with Crippen LogP contribution in [0.4, 0.5) is 4.79 Å². The Balaban J connectivity index is 1.52. The molecule has 2 N–H and O–H groups in total. The van der Waals surface area contributed by atoms with Gasteiger partial charge in [0.2, 0.25) is 0 Å². The van der Waals surface area contributed by atoms with Crippen LogP contribution in [0.1, 0.15) is 44.9 Å². The van der Waals surface area contributed by atoms with Crippen LogP contribution in [0, 0.1) is 17.3 Å². The summed E-state index contributed by atoms with van der Waals surface area (Å²) in [6, 6.07) is -0.603. The number of alkyl halides is 1. The first kappa shape index (κ1) is 16.7.